The maximum absolute atomic E-state index is 6.43. The lowest BCUT2D eigenvalue weighted by Gasteiger charge is -2.45. The number of H-pyrrole nitrogens is 1. The second-order valence-corrected chi connectivity index (χ2v) is 7.52. The van der Waals surface area contributed by atoms with Crippen molar-refractivity contribution in [2.24, 2.45) is 5.92 Å². The van der Waals surface area contributed by atoms with Gasteiger partial charge in [0, 0.05) is 33.8 Å². The molecule has 1 N–H and O–H groups in total. The molecule has 106 valence electrons. The van der Waals surface area contributed by atoms with Crippen molar-refractivity contribution in [3.63, 3.8) is 0 Å². The summed E-state index contributed by atoms with van der Waals surface area (Å²) < 4.78 is 1.25. The van der Waals surface area contributed by atoms with Gasteiger partial charge in [-0.25, -0.2) is 0 Å². The van der Waals surface area contributed by atoms with Gasteiger partial charge in [0.1, 0.15) is 5.15 Å². The van der Waals surface area contributed by atoms with Crippen LogP contribution in [0.3, 0.4) is 0 Å². The third-order valence-electron chi connectivity index (χ3n) is 5.10. The van der Waals surface area contributed by atoms with Crippen molar-refractivity contribution >= 4 is 45.1 Å². The first-order valence-corrected chi connectivity index (χ1v) is 9.14. The summed E-state index contributed by atoms with van der Waals surface area (Å²) in [6.07, 6.45) is 2.41. The number of rotatable bonds is 1. The summed E-state index contributed by atoms with van der Waals surface area (Å²) in [7, 11) is 2.28. The number of nitrogens with one attached hydrogen (secondary N) is 1. The maximum Gasteiger partial charge on any atom is 0.110 e. The molecule has 1 aliphatic carbocycles. The number of piperidine rings is 1. The minimum Gasteiger partial charge on any atom is -0.345 e. The van der Waals surface area contributed by atoms with Crippen molar-refractivity contribution in [1.29, 1.82) is 0 Å². The van der Waals surface area contributed by atoms with Crippen molar-refractivity contribution in [2.75, 3.05) is 18.0 Å². The lowest BCUT2D eigenvalue weighted by atomic mass is 9.73. The highest BCUT2D eigenvalue weighted by molar-refractivity contribution is 14.1. The minimum atomic E-state index is 0.612. The fraction of sp³-hybridized carbons (Fsp3) is 0.500. The highest BCUT2D eigenvalue weighted by Gasteiger charge is 2.39. The zero-order valence-electron chi connectivity index (χ0n) is 11.5. The molecule has 2 nitrogen and oxygen atoms in total. The molecule has 0 saturated carbocycles. The van der Waals surface area contributed by atoms with Crippen LogP contribution in [0.25, 0.3) is 10.9 Å². The van der Waals surface area contributed by atoms with Crippen LogP contribution >= 0.6 is 34.2 Å². The third kappa shape index (κ3) is 1.86. The summed E-state index contributed by atoms with van der Waals surface area (Å²) >= 11 is 8.97. The molecule has 2 heterocycles. The summed E-state index contributed by atoms with van der Waals surface area (Å²) in [4.78, 5) is 5.91. The Hall–Kier alpha value is -0.260. The Kier molecular flexibility index (Phi) is 3.28. The van der Waals surface area contributed by atoms with Gasteiger partial charge < -0.3 is 9.88 Å². The second kappa shape index (κ2) is 4.89. The topological polar surface area (TPSA) is 19.0 Å². The largest absolute Gasteiger partial charge is 0.345 e. The molecule has 0 bridgehead atoms. The van der Waals surface area contributed by atoms with Gasteiger partial charge >= 0.3 is 0 Å². The van der Waals surface area contributed by atoms with Gasteiger partial charge in [-0.1, -0.05) is 46.3 Å². The van der Waals surface area contributed by atoms with Crippen LogP contribution in [0.4, 0.5) is 0 Å². The average Bonchev–Trinajstić information content (AvgIpc) is 2.77. The molecule has 1 aromatic carbocycles. The summed E-state index contributed by atoms with van der Waals surface area (Å²) in [5, 5.41) is 2.25. The number of likely N-dealkylation sites (N-methyl/N-ethyl adjacent to an activating group) is 1. The standard InChI is InChI=1S/C16H18ClIN2/c1-20-8-9(7-18)5-11-10-3-2-4-13-15(10)12(6-14(11)20)16(17)19-13/h2-4,9,11,14,19H,5-8H2,1H3/t9?,11-,14-/m1/s1. The number of likely N-dealkylation sites (tertiary alicyclic amines) is 1. The van der Waals surface area contributed by atoms with E-state index < -0.39 is 0 Å². The van der Waals surface area contributed by atoms with Crippen LogP contribution in [0.1, 0.15) is 23.5 Å². The molecular formula is C16H18ClIN2. The van der Waals surface area contributed by atoms with Crippen LogP contribution in [0.5, 0.6) is 0 Å². The van der Waals surface area contributed by atoms with Gasteiger partial charge in [0.25, 0.3) is 0 Å². The van der Waals surface area contributed by atoms with Crippen LogP contribution in [0.15, 0.2) is 18.2 Å². The number of alkyl halides is 1. The predicted molar refractivity (Wildman–Crippen MR) is 93.2 cm³/mol. The van der Waals surface area contributed by atoms with Gasteiger partial charge in [-0.15, -0.1) is 0 Å². The van der Waals surface area contributed by atoms with Crippen LogP contribution < -0.4 is 0 Å². The van der Waals surface area contributed by atoms with Crippen molar-refractivity contribution in [1.82, 2.24) is 9.88 Å². The SMILES string of the molecule is CN1CC(CI)C[C@@H]2c3cccc4[nH]c(Cl)c(c34)C[C@H]21. The van der Waals surface area contributed by atoms with Gasteiger partial charge in [0.05, 0.1) is 0 Å². The molecular weight excluding hydrogens is 383 g/mol. The number of benzene rings is 1. The van der Waals surface area contributed by atoms with E-state index in [2.05, 4.69) is 57.7 Å². The maximum atomic E-state index is 6.43. The molecule has 20 heavy (non-hydrogen) atoms. The van der Waals surface area contributed by atoms with E-state index in [4.69, 9.17) is 11.6 Å². The fourth-order valence-corrected chi connectivity index (χ4v) is 5.12. The van der Waals surface area contributed by atoms with Gasteiger partial charge in [-0.3, -0.25) is 0 Å². The van der Waals surface area contributed by atoms with Crippen LogP contribution in [0, 0.1) is 5.92 Å². The third-order valence-corrected chi connectivity index (χ3v) is 6.67. The summed E-state index contributed by atoms with van der Waals surface area (Å²) in [5.74, 6) is 1.48. The number of halogens is 2. The van der Waals surface area contributed by atoms with E-state index in [1.165, 1.54) is 39.4 Å². The Bertz CT molecular complexity index is 666. The number of aromatic nitrogens is 1. The quantitative estimate of drug-likeness (QED) is 0.561. The van der Waals surface area contributed by atoms with Gasteiger partial charge in [-0.05, 0) is 43.0 Å². The molecule has 2 aromatic rings. The minimum absolute atomic E-state index is 0.612. The normalized spacial score (nSPS) is 29.6. The van der Waals surface area contributed by atoms with Crippen molar-refractivity contribution in [3.05, 3.63) is 34.5 Å². The summed E-state index contributed by atoms with van der Waals surface area (Å²) in [5.41, 5.74) is 4.05. The molecule has 4 heteroatoms. The Morgan fingerprint density at radius 1 is 1.45 bits per heavy atom. The molecule has 0 spiro atoms. The summed E-state index contributed by atoms with van der Waals surface area (Å²) in [6.45, 7) is 1.22. The van der Waals surface area contributed by atoms with Crippen molar-refractivity contribution < 1.29 is 0 Å². The molecule has 1 aromatic heterocycles. The van der Waals surface area contributed by atoms with E-state index in [1.807, 2.05) is 0 Å². The molecule has 1 saturated heterocycles. The zero-order chi connectivity index (χ0) is 13.9. The predicted octanol–water partition coefficient (Wildman–Crippen LogP) is 4.22. The first kappa shape index (κ1) is 13.4. The number of hydrogen-bond donors (Lipinski definition) is 1. The molecule has 1 fully saturated rings. The van der Waals surface area contributed by atoms with E-state index in [-0.39, 0.29) is 0 Å². The Morgan fingerprint density at radius 3 is 3.10 bits per heavy atom. The molecule has 0 amide bonds. The monoisotopic (exact) mass is 400 g/mol. The first-order chi connectivity index (χ1) is 9.69. The zero-order valence-corrected chi connectivity index (χ0v) is 14.4. The molecule has 0 radical (unpaired) electrons. The van der Waals surface area contributed by atoms with Crippen LogP contribution in [-0.2, 0) is 6.42 Å². The first-order valence-electron chi connectivity index (χ1n) is 7.24. The number of nitrogens with zero attached hydrogens (tertiary/aromatic N) is 1. The van der Waals surface area contributed by atoms with E-state index in [0.717, 1.165) is 17.5 Å². The van der Waals surface area contributed by atoms with E-state index in [0.29, 0.717) is 12.0 Å². The Labute approximate surface area is 138 Å². The highest BCUT2D eigenvalue weighted by Crippen LogP contribution is 2.46. The van der Waals surface area contributed by atoms with Gasteiger partial charge in [-0.2, -0.15) is 0 Å². The molecule has 3 atom stereocenters. The van der Waals surface area contributed by atoms with Crippen LogP contribution in [-0.4, -0.2) is 33.9 Å². The van der Waals surface area contributed by atoms with Gasteiger partial charge in [0.2, 0.25) is 0 Å². The van der Waals surface area contributed by atoms with E-state index in [9.17, 15) is 0 Å². The summed E-state index contributed by atoms with van der Waals surface area (Å²) in [6, 6.07) is 7.25. The highest BCUT2D eigenvalue weighted by atomic mass is 127. The van der Waals surface area contributed by atoms with E-state index >= 15 is 0 Å². The fourth-order valence-electron chi connectivity index (χ4n) is 4.21. The molecule has 1 aliphatic heterocycles. The van der Waals surface area contributed by atoms with E-state index in [1.54, 1.807) is 0 Å². The Morgan fingerprint density at radius 2 is 2.30 bits per heavy atom. The van der Waals surface area contributed by atoms with Crippen LogP contribution in [0.2, 0.25) is 5.15 Å². The molecule has 1 unspecified atom stereocenters. The van der Waals surface area contributed by atoms with Crippen molar-refractivity contribution in [3.8, 4) is 0 Å². The Balaban J connectivity index is 1.89. The number of hydrogen-bond acceptors (Lipinski definition) is 1. The molecule has 4 rings (SSSR count). The lowest BCUT2D eigenvalue weighted by Crippen LogP contribution is -2.48. The van der Waals surface area contributed by atoms with Gasteiger partial charge in [0.15, 0.2) is 0 Å². The average molecular weight is 401 g/mol. The smallest absolute Gasteiger partial charge is 0.110 e. The second-order valence-electron chi connectivity index (χ2n) is 6.26. The number of fused-ring (bicyclic) bond motifs is 2. The lowest BCUT2D eigenvalue weighted by molar-refractivity contribution is 0.122. The number of aromatic amines is 1. The molecule has 2 aliphatic rings. The van der Waals surface area contributed by atoms with Crippen molar-refractivity contribution in [2.45, 2.75) is 24.8 Å².